The molecule has 0 aliphatic rings. The average molecular weight is 475 g/mol. The van der Waals surface area contributed by atoms with E-state index in [2.05, 4.69) is 9.55 Å². The molecule has 0 fully saturated rings. The summed E-state index contributed by atoms with van der Waals surface area (Å²) in [6, 6.07) is 12.2. The van der Waals surface area contributed by atoms with Gasteiger partial charge in [0, 0.05) is 36.5 Å². The minimum atomic E-state index is -4.40. The van der Waals surface area contributed by atoms with Crippen LogP contribution in [0, 0.1) is 6.92 Å². The van der Waals surface area contributed by atoms with Crippen LogP contribution < -0.4 is 4.74 Å². The van der Waals surface area contributed by atoms with Crippen molar-refractivity contribution in [3.05, 3.63) is 77.2 Å². The predicted molar refractivity (Wildman–Crippen MR) is 123 cm³/mol. The van der Waals surface area contributed by atoms with E-state index in [1.165, 1.54) is 12.1 Å². The Kier molecular flexibility index (Phi) is 6.63. The molecule has 4 aromatic rings. The highest BCUT2D eigenvalue weighted by Crippen LogP contribution is 2.38. The average Bonchev–Trinajstić information content (AvgIpc) is 3.13. The zero-order valence-corrected chi connectivity index (χ0v) is 18.6. The summed E-state index contributed by atoms with van der Waals surface area (Å²) in [7, 11) is 0. The molecule has 2 aromatic carbocycles. The fraction of sp³-hybridized carbons (Fsp3) is 0.240. The quantitative estimate of drug-likeness (QED) is 0.227. The number of pyridine rings is 1. The van der Waals surface area contributed by atoms with Gasteiger partial charge < -0.3 is 14.4 Å². The maximum absolute atomic E-state index is 12.8. The normalized spacial score (nSPS) is 11.8. The van der Waals surface area contributed by atoms with E-state index in [9.17, 15) is 13.2 Å². The number of hydrogen-bond acceptors (Lipinski definition) is 3. The third-order valence-electron chi connectivity index (χ3n) is 5.33. The number of aliphatic hydroxyl groups excluding tert-OH is 1. The van der Waals surface area contributed by atoms with Gasteiger partial charge in [-0.2, -0.15) is 13.2 Å². The van der Waals surface area contributed by atoms with Gasteiger partial charge in [-0.05, 0) is 73.4 Å². The van der Waals surface area contributed by atoms with Gasteiger partial charge in [-0.25, -0.2) is 4.98 Å². The van der Waals surface area contributed by atoms with Crippen molar-refractivity contribution in [3.8, 4) is 22.6 Å². The monoisotopic (exact) mass is 474 g/mol. The number of aromatic nitrogens is 2. The van der Waals surface area contributed by atoms with Crippen LogP contribution in [0.1, 0.15) is 24.0 Å². The molecule has 0 bridgehead atoms. The van der Waals surface area contributed by atoms with Gasteiger partial charge in [0.1, 0.15) is 16.7 Å². The molecule has 0 atom stereocenters. The Labute approximate surface area is 194 Å². The maximum atomic E-state index is 12.8. The fourth-order valence-electron chi connectivity index (χ4n) is 3.81. The first-order valence-electron chi connectivity index (χ1n) is 10.5. The molecule has 4 nitrogen and oxygen atoms in total. The first-order valence-corrected chi connectivity index (χ1v) is 10.9. The van der Waals surface area contributed by atoms with Crippen LogP contribution >= 0.6 is 11.6 Å². The summed E-state index contributed by atoms with van der Waals surface area (Å²) in [6.07, 6.45) is 0.783. The van der Waals surface area contributed by atoms with Crippen LogP contribution in [0.3, 0.4) is 0 Å². The van der Waals surface area contributed by atoms with E-state index in [-0.39, 0.29) is 6.61 Å². The van der Waals surface area contributed by atoms with E-state index in [1.807, 2.05) is 37.4 Å². The highest BCUT2D eigenvalue weighted by atomic mass is 35.5. The third kappa shape index (κ3) is 5.15. The summed E-state index contributed by atoms with van der Waals surface area (Å²) in [4.78, 5) is 4.23. The van der Waals surface area contributed by atoms with Gasteiger partial charge in [0.2, 0.25) is 0 Å². The molecular formula is C25H22ClF3N2O2. The van der Waals surface area contributed by atoms with Crippen LogP contribution in [0.15, 0.2) is 60.9 Å². The highest BCUT2D eigenvalue weighted by Gasteiger charge is 2.30. The highest BCUT2D eigenvalue weighted by molar-refractivity contribution is 6.35. The molecule has 8 heteroatoms. The molecule has 0 aliphatic heterocycles. The lowest BCUT2D eigenvalue weighted by Crippen LogP contribution is -2.04. The smallest absolute Gasteiger partial charge is 0.416 e. The summed E-state index contributed by atoms with van der Waals surface area (Å²) in [6.45, 7) is 2.78. The molecule has 0 unspecified atom stereocenters. The fourth-order valence-corrected chi connectivity index (χ4v) is 4.07. The van der Waals surface area contributed by atoms with Crippen LogP contribution in [-0.4, -0.2) is 21.3 Å². The van der Waals surface area contributed by atoms with Crippen LogP contribution in [0.25, 0.3) is 22.0 Å². The van der Waals surface area contributed by atoms with Crippen molar-refractivity contribution in [3.63, 3.8) is 0 Å². The van der Waals surface area contributed by atoms with Crippen molar-refractivity contribution in [2.24, 2.45) is 0 Å². The SMILES string of the molecule is Cc1cc(Oc2ccc(C(F)(F)F)cc2)cc(-c2cn(CCCCO)c3ccnc(Cl)c23)c1. The van der Waals surface area contributed by atoms with E-state index >= 15 is 0 Å². The van der Waals surface area contributed by atoms with E-state index in [0.29, 0.717) is 23.1 Å². The van der Waals surface area contributed by atoms with Gasteiger partial charge in [0.25, 0.3) is 0 Å². The molecule has 0 spiro atoms. The zero-order valence-electron chi connectivity index (χ0n) is 17.9. The first-order chi connectivity index (χ1) is 15.8. The van der Waals surface area contributed by atoms with Gasteiger partial charge in [-0.1, -0.05) is 17.7 Å². The lowest BCUT2D eigenvalue weighted by atomic mass is 10.0. The molecule has 1 N–H and O–H groups in total. The van der Waals surface area contributed by atoms with Gasteiger partial charge in [-0.15, -0.1) is 0 Å². The van der Waals surface area contributed by atoms with Crippen molar-refractivity contribution in [2.45, 2.75) is 32.5 Å². The first kappa shape index (κ1) is 23.1. The van der Waals surface area contributed by atoms with Gasteiger partial charge in [0.15, 0.2) is 0 Å². The van der Waals surface area contributed by atoms with Gasteiger partial charge in [0.05, 0.1) is 11.1 Å². The lowest BCUT2D eigenvalue weighted by molar-refractivity contribution is -0.137. The lowest BCUT2D eigenvalue weighted by Gasteiger charge is -2.11. The number of halogens is 4. The van der Waals surface area contributed by atoms with E-state index in [1.54, 1.807) is 6.20 Å². The zero-order chi connectivity index (χ0) is 23.6. The molecule has 33 heavy (non-hydrogen) atoms. The topological polar surface area (TPSA) is 47.3 Å². The van der Waals surface area contributed by atoms with E-state index in [4.69, 9.17) is 21.4 Å². The number of aliphatic hydroxyl groups is 1. The number of rotatable bonds is 7. The molecular weight excluding hydrogens is 453 g/mol. The molecule has 0 saturated heterocycles. The number of fused-ring (bicyclic) bond motifs is 1. The second-order valence-corrected chi connectivity index (χ2v) is 8.18. The van der Waals surface area contributed by atoms with Crippen LogP contribution in [0.2, 0.25) is 5.15 Å². The van der Waals surface area contributed by atoms with Crippen LogP contribution in [-0.2, 0) is 12.7 Å². The number of nitrogens with zero attached hydrogens (tertiary/aromatic N) is 2. The Morgan fingerprint density at radius 1 is 1.03 bits per heavy atom. The molecule has 0 saturated carbocycles. The van der Waals surface area contributed by atoms with Gasteiger partial charge >= 0.3 is 6.18 Å². The number of unbranched alkanes of at least 4 members (excludes halogenated alkanes) is 1. The Morgan fingerprint density at radius 3 is 2.48 bits per heavy atom. The molecule has 4 rings (SSSR count). The second kappa shape index (κ2) is 9.45. The minimum absolute atomic E-state index is 0.136. The van der Waals surface area contributed by atoms with Crippen molar-refractivity contribution in [2.75, 3.05) is 6.61 Å². The Balaban J connectivity index is 1.70. The van der Waals surface area contributed by atoms with Crippen molar-refractivity contribution in [1.29, 1.82) is 0 Å². The number of hydrogen-bond donors (Lipinski definition) is 1. The van der Waals surface area contributed by atoms with E-state index < -0.39 is 11.7 Å². The number of aryl methyl sites for hydroxylation is 2. The predicted octanol–water partition coefficient (Wildman–Crippen LogP) is 7.25. The van der Waals surface area contributed by atoms with Crippen molar-refractivity contribution < 1.29 is 23.0 Å². The second-order valence-electron chi connectivity index (χ2n) is 7.82. The number of alkyl halides is 3. The Bertz CT molecular complexity index is 1270. The molecule has 0 aliphatic carbocycles. The van der Waals surface area contributed by atoms with Crippen molar-refractivity contribution in [1.82, 2.24) is 9.55 Å². The van der Waals surface area contributed by atoms with Crippen LogP contribution in [0.4, 0.5) is 13.2 Å². The number of benzene rings is 2. The minimum Gasteiger partial charge on any atom is -0.457 e. The summed E-state index contributed by atoms with van der Waals surface area (Å²) < 4.78 is 46.4. The summed E-state index contributed by atoms with van der Waals surface area (Å²) in [5.74, 6) is 0.816. The summed E-state index contributed by atoms with van der Waals surface area (Å²) in [5, 5.41) is 10.3. The van der Waals surface area contributed by atoms with Crippen molar-refractivity contribution >= 4 is 22.5 Å². The molecule has 2 aromatic heterocycles. The molecule has 172 valence electrons. The Hall–Kier alpha value is -3.03. The molecule has 0 amide bonds. The van der Waals surface area contributed by atoms with Crippen LogP contribution in [0.5, 0.6) is 11.5 Å². The largest absolute Gasteiger partial charge is 0.457 e. The molecule has 2 heterocycles. The summed E-state index contributed by atoms with van der Waals surface area (Å²) >= 11 is 6.46. The molecule has 0 radical (unpaired) electrons. The Morgan fingerprint density at radius 2 is 1.79 bits per heavy atom. The van der Waals surface area contributed by atoms with E-state index in [0.717, 1.165) is 52.7 Å². The van der Waals surface area contributed by atoms with Gasteiger partial charge in [-0.3, -0.25) is 0 Å². The number of ether oxygens (including phenoxy) is 1. The summed E-state index contributed by atoms with van der Waals surface area (Å²) in [5.41, 5.74) is 2.88. The maximum Gasteiger partial charge on any atom is 0.416 e. The standard InChI is InChI=1S/C25H22ClF3N2O2/c1-16-12-17(14-20(13-16)33-19-6-4-18(5-7-19)25(27,28)29)21-15-31(10-2-3-11-32)22-8-9-30-24(26)23(21)22/h4-9,12-15,32H,2-3,10-11H2,1H3. The third-order valence-corrected chi connectivity index (χ3v) is 5.62.